The normalized spacial score (nSPS) is 52.9. The Morgan fingerprint density at radius 3 is 1.88 bits per heavy atom. The molecule has 0 spiro atoms. The summed E-state index contributed by atoms with van der Waals surface area (Å²) in [6.45, 7) is 0. The molecular weight excluding hydrogens is 105 g/mol. The number of fused-ring (bicyclic) bond motifs is 2. The fourth-order valence-corrected chi connectivity index (χ4v) is 1.69. The molecule has 46 valence electrons. The van der Waals surface area contributed by atoms with Gasteiger partial charge in [0.15, 0.2) is 0 Å². The lowest BCUT2D eigenvalue weighted by atomic mass is 9.82. The van der Waals surface area contributed by atoms with Crippen LogP contribution in [-0.2, 0) is 0 Å². The van der Waals surface area contributed by atoms with Gasteiger partial charge in [-0.1, -0.05) is 0 Å². The number of alkyl halides is 1. The zero-order valence-electron chi connectivity index (χ0n) is 4.73. The van der Waals surface area contributed by atoms with E-state index in [9.17, 15) is 4.39 Å². The van der Waals surface area contributed by atoms with Crippen LogP contribution in [0.15, 0.2) is 0 Å². The number of hydrogen-bond acceptors (Lipinski definition) is 1. The molecule has 2 heteroatoms. The molecule has 1 unspecified atom stereocenters. The predicted molar refractivity (Wildman–Crippen MR) is 29.5 cm³/mol. The van der Waals surface area contributed by atoms with E-state index in [0.29, 0.717) is 12.1 Å². The maximum absolute atomic E-state index is 12.4. The first-order valence-corrected chi connectivity index (χ1v) is 3.25. The summed E-state index contributed by atoms with van der Waals surface area (Å²) in [5, 5.41) is 3.27. The summed E-state index contributed by atoms with van der Waals surface area (Å²) in [5.41, 5.74) is 0. The van der Waals surface area contributed by atoms with E-state index in [1.165, 1.54) is 6.42 Å². The number of piperidine rings is 1. The van der Waals surface area contributed by atoms with Gasteiger partial charge in [0, 0.05) is 12.1 Å². The van der Waals surface area contributed by atoms with Crippen LogP contribution in [0.4, 0.5) is 4.39 Å². The van der Waals surface area contributed by atoms with Crippen molar-refractivity contribution in [3.05, 3.63) is 0 Å². The Bertz CT molecular complexity index is 88.7. The molecule has 3 atom stereocenters. The standard InChI is InChI=1S/C6H10FN/c7-4-1-5-3-6(2-4)8-5/h4-6,8H,1-3H2/t4?,5-,6+. The summed E-state index contributed by atoms with van der Waals surface area (Å²) >= 11 is 0. The second-order valence-corrected chi connectivity index (χ2v) is 2.86. The van der Waals surface area contributed by atoms with Crippen molar-refractivity contribution in [3.8, 4) is 0 Å². The molecule has 3 fully saturated rings. The fourth-order valence-electron chi connectivity index (χ4n) is 1.69. The lowest BCUT2D eigenvalue weighted by Crippen LogP contribution is -2.58. The molecule has 3 aliphatic rings. The summed E-state index contributed by atoms with van der Waals surface area (Å²) in [6, 6.07) is 1.06. The van der Waals surface area contributed by atoms with Crippen LogP contribution in [0.1, 0.15) is 19.3 Å². The summed E-state index contributed by atoms with van der Waals surface area (Å²) in [7, 11) is 0. The molecule has 0 aromatic carbocycles. The summed E-state index contributed by atoms with van der Waals surface area (Å²) in [6.07, 6.45) is 2.24. The Labute approximate surface area is 48.3 Å². The lowest BCUT2D eigenvalue weighted by molar-refractivity contribution is 0.0983. The zero-order chi connectivity index (χ0) is 5.56. The quantitative estimate of drug-likeness (QED) is 0.493. The van der Waals surface area contributed by atoms with Crippen LogP contribution in [-0.4, -0.2) is 18.3 Å². The average Bonchev–Trinajstić information content (AvgIpc) is 1.62. The third-order valence-corrected chi connectivity index (χ3v) is 2.12. The van der Waals surface area contributed by atoms with E-state index in [1.807, 2.05) is 0 Å². The Hall–Kier alpha value is -0.110. The van der Waals surface area contributed by atoms with Crippen LogP contribution in [0.3, 0.4) is 0 Å². The van der Waals surface area contributed by atoms with E-state index in [4.69, 9.17) is 0 Å². The number of hydrogen-bond donors (Lipinski definition) is 1. The first kappa shape index (κ1) is 4.74. The van der Waals surface area contributed by atoms with Gasteiger partial charge in [0.05, 0.1) is 0 Å². The van der Waals surface area contributed by atoms with Crippen LogP contribution < -0.4 is 5.32 Å². The van der Waals surface area contributed by atoms with E-state index in [-0.39, 0.29) is 0 Å². The van der Waals surface area contributed by atoms with Crippen LogP contribution >= 0.6 is 0 Å². The molecule has 1 aliphatic carbocycles. The minimum Gasteiger partial charge on any atom is -0.311 e. The summed E-state index contributed by atoms with van der Waals surface area (Å²) < 4.78 is 12.4. The van der Waals surface area contributed by atoms with Crippen LogP contribution in [0.5, 0.6) is 0 Å². The van der Waals surface area contributed by atoms with E-state index >= 15 is 0 Å². The van der Waals surface area contributed by atoms with Crippen molar-refractivity contribution in [2.24, 2.45) is 0 Å². The van der Waals surface area contributed by atoms with Crippen LogP contribution in [0.25, 0.3) is 0 Å². The second-order valence-electron chi connectivity index (χ2n) is 2.86. The van der Waals surface area contributed by atoms with Gasteiger partial charge in [0.2, 0.25) is 0 Å². The smallest absolute Gasteiger partial charge is 0.103 e. The van der Waals surface area contributed by atoms with Gasteiger partial charge in [-0.2, -0.15) is 0 Å². The SMILES string of the molecule is FC1C[C@@H]2C[C@H](C1)N2. The molecule has 8 heavy (non-hydrogen) atoms. The molecule has 0 radical (unpaired) electrons. The Kier molecular flexibility index (Phi) is 0.852. The number of halogens is 1. The van der Waals surface area contributed by atoms with Gasteiger partial charge in [-0.15, -0.1) is 0 Å². The highest BCUT2D eigenvalue weighted by Gasteiger charge is 2.37. The van der Waals surface area contributed by atoms with Gasteiger partial charge in [0.1, 0.15) is 6.17 Å². The minimum atomic E-state index is -0.500. The number of rotatable bonds is 0. The molecule has 1 N–H and O–H groups in total. The van der Waals surface area contributed by atoms with Crippen molar-refractivity contribution < 1.29 is 4.39 Å². The van der Waals surface area contributed by atoms with Crippen molar-refractivity contribution >= 4 is 0 Å². The highest BCUT2D eigenvalue weighted by molar-refractivity contribution is 4.96. The Balaban J connectivity index is 1.97. The van der Waals surface area contributed by atoms with Crippen molar-refractivity contribution in [3.63, 3.8) is 0 Å². The van der Waals surface area contributed by atoms with Crippen molar-refractivity contribution in [2.75, 3.05) is 0 Å². The molecule has 0 aromatic rings. The highest BCUT2D eigenvalue weighted by Crippen LogP contribution is 2.29. The van der Waals surface area contributed by atoms with Crippen LogP contribution in [0, 0.1) is 0 Å². The van der Waals surface area contributed by atoms with Crippen molar-refractivity contribution in [1.82, 2.24) is 5.32 Å². The molecule has 1 saturated carbocycles. The molecule has 2 aliphatic heterocycles. The van der Waals surface area contributed by atoms with E-state index < -0.39 is 6.17 Å². The molecule has 3 rings (SSSR count). The molecule has 0 aromatic heterocycles. The largest absolute Gasteiger partial charge is 0.311 e. The lowest BCUT2D eigenvalue weighted by Gasteiger charge is -2.44. The van der Waals surface area contributed by atoms with Gasteiger partial charge >= 0.3 is 0 Å². The molecular formula is C6H10FN. The van der Waals surface area contributed by atoms with E-state index in [0.717, 1.165) is 12.8 Å². The minimum absolute atomic E-state index is 0.500. The summed E-state index contributed by atoms with van der Waals surface area (Å²) in [5.74, 6) is 0. The third-order valence-electron chi connectivity index (χ3n) is 2.12. The van der Waals surface area contributed by atoms with Crippen LogP contribution in [0.2, 0.25) is 0 Å². The molecule has 2 heterocycles. The number of nitrogens with one attached hydrogen (secondary N) is 1. The second kappa shape index (κ2) is 1.44. The molecule has 0 amide bonds. The molecule has 2 bridgehead atoms. The first-order valence-electron chi connectivity index (χ1n) is 3.25. The Morgan fingerprint density at radius 2 is 1.62 bits per heavy atom. The van der Waals surface area contributed by atoms with Crippen molar-refractivity contribution in [2.45, 2.75) is 37.5 Å². The Morgan fingerprint density at radius 1 is 1.12 bits per heavy atom. The van der Waals surface area contributed by atoms with Gasteiger partial charge < -0.3 is 5.32 Å². The van der Waals surface area contributed by atoms with E-state index in [2.05, 4.69) is 5.32 Å². The fraction of sp³-hybridized carbons (Fsp3) is 1.00. The van der Waals surface area contributed by atoms with Gasteiger partial charge in [-0.25, -0.2) is 4.39 Å². The maximum atomic E-state index is 12.4. The van der Waals surface area contributed by atoms with Crippen molar-refractivity contribution in [1.29, 1.82) is 0 Å². The third kappa shape index (κ3) is 0.558. The predicted octanol–water partition coefficient (Wildman–Crippen LogP) is 0.849. The zero-order valence-corrected chi connectivity index (χ0v) is 4.73. The van der Waals surface area contributed by atoms with Gasteiger partial charge in [-0.05, 0) is 19.3 Å². The van der Waals surface area contributed by atoms with Gasteiger partial charge in [-0.3, -0.25) is 0 Å². The van der Waals surface area contributed by atoms with Gasteiger partial charge in [0.25, 0.3) is 0 Å². The molecule has 1 nitrogen and oxygen atoms in total. The summed E-state index contributed by atoms with van der Waals surface area (Å²) in [4.78, 5) is 0. The highest BCUT2D eigenvalue weighted by atomic mass is 19.1. The monoisotopic (exact) mass is 115 g/mol. The van der Waals surface area contributed by atoms with E-state index in [1.54, 1.807) is 0 Å². The first-order chi connectivity index (χ1) is 3.84. The molecule has 2 saturated heterocycles. The average molecular weight is 115 g/mol. The maximum Gasteiger partial charge on any atom is 0.103 e. The topological polar surface area (TPSA) is 12.0 Å².